The molecule has 1 heterocycles. The summed E-state index contributed by atoms with van der Waals surface area (Å²) in [4.78, 5) is 0. The largest absolute Gasteiger partial charge is 0.871 e. The molecule has 0 atom stereocenters. The molecule has 0 fully saturated rings. The lowest BCUT2D eigenvalue weighted by molar-refractivity contribution is -0.267. The van der Waals surface area contributed by atoms with Gasteiger partial charge in [-0.1, -0.05) is 47.2 Å². The van der Waals surface area contributed by atoms with Crippen molar-refractivity contribution in [3.05, 3.63) is 36.4 Å². The third-order valence-electron chi connectivity index (χ3n) is 2.44. The minimum Gasteiger partial charge on any atom is -0.871 e. The first-order valence-electron chi connectivity index (χ1n) is 5.18. The fourth-order valence-corrected chi connectivity index (χ4v) is 1.63. The van der Waals surface area contributed by atoms with Crippen LogP contribution < -0.4 is 5.11 Å². The van der Waals surface area contributed by atoms with Gasteiger partial charge in [0.2, 0.25) is 0 Å². The highest BCUT2D eigenvalue weighted by molar-refractivity contribution is 5.94. The van der Waals surface area contributed by atoms with Gasteiger partial charge in [-0.15, -0.1) is 15.3 Å². The van der Waals surface area contributed by atoms with E-state index < -0.39 is 0 Å². The van der Waals surface area contributed by atoms with Crippen LogP contribution in [0.25, 0.3) is 10.8 Å². The monoisotopic (exact) mass is 239 g/mol. The number of benzene rings is 2. The van der Waals surface area contributed by atoms with Crippen molar-refractivity contribution in [3.8, 4) is 5.75 Å². The number of hydrogen-bond acceptors (Lipinski definition) is 6. The molecule has 3 aromatic rings. The number of nitrogens with one attached hydrogen (secondary N) is 1. The summed E-state index contributed by atoms with van der Waals surface area (Å²) in [6.45, 7) is 0. The number of H-pyrrole nitrogens is 1. The van der Waals surface area contributed by atoms with Crippen LogP contribution in [0.5, 0.6) is 5.75 Å². The standard InChI is InChI=1S/C11H8N6O/c18-9-6-5-7-3-1-2-4-8(7)10(9)12-13-11-14-16-17-15-11/h1-6,18H,(H,14,15,16,17)/p-1. The maximum atomic E-state index is 11.8. The normalized spacial score (nSPS) is 11.3. The predicted octanol–water partition coefficient (Wildman–Crippen LogP) is 1.84. The zero-order chi connectivity index (χ0) is 12.4. The molecular formula is C11H7N6O-. The van der Waals surface area contributed by atoms with Crippen molar-refractivity contribution in [1.82, 2.24) is 20.6 Å². The van der Waals surface area contributed by atoms with Crippen molar-refractivity contribution < 1.29 is 5.11 Å². The minimum atomic E-state index is -0.194. The molecule has 3 rings (SSSR count). The first kappa shape index (κ1) is 10.3. The molecule has 0 radical (unpaired) electrons. The Hall–Kier alpha value is -2.83. The second-order valence-corrected chi connectivity index (χ2v) is 3.55. The lowest BCUT2D eigenvalue weighted by atomic mass is 10.1. The molecule has 18 heavy (non-hydrogen) atoms. The number of nitrogens with zero attached hydrogens (tertiary/aromatic N) is 5. The third-order valence-corrected chi connectivity index (χ3v) is 2.44. The summed E-state index contributed by atoms with van der Waals surface area (Å²) in [6.07, 6.45) is 0. The van der Waals surface area contributed by atoms with Crippen LogP contribution in [0.4, 0.5) is 11.6 Å². The van der Waals surface area contributed by atoms with Crippen LogP contribution in [-0.4, -0.2) is 20.6 Å². The second kappa shape index (κ2) is 4.21. The van der Waals surface area contributed by atoms with Gasteiger partial charge >= 0.3 is 5.95 Å². The summed E-state index contributed by atoms with van der Waals surface area (Å²) in [6, 6.07) is 10.7. The van der Waals surface area contributed by atoms with Gasteiger partial charge in [-0.05, 0) is 10.6 Å². The van der Waals surface area contributed by atoms with Gasteiger partial charge in [0.15, 0.2) is 0 Å². The Bertz CT molecular complexity index is 707. The quantitative estimate of drug-likeness (QED) is 0.689. The average molecular weight is 239 g/mol. The maximum absolute atomic E-state index is 11.8. The van der Waals surface area contributed by atoms with E-state index in [2.05, 4.69) is 30.9 Å². The lowest BCUT2D eigenvalue weighted by Crippen LogP contribution is -1.90. The van der Waals surface area contributed by atoms with Gasteiger partial charge in [0.1, 0.15) is 0 Å². The van der Waals surface area contributed by atoms with Crippen molar-refractivity contribution in [3.63, 3.8) is 0 Å². The summed E-state index contributed by atoms with van der Waals surface area (Å²) in [5, 5.41) is 34.0. The molecule has 0 aliphatic heterocycles. The average Bonchev–Trinajstić information content (AvgIpc) is 2.91. The maximum Gasteiger partial charge on any atom is 0.307 e. The first-order valence-corrected chi connectivity index (χ1v) is 5.18. The second-order valence-electron chi connectivity index (χ2n) is 3.55. The molecule has 0 aliphatic carbocycles. The number of tetrazole rings is 1. The smallest absolute Gasteiger partial charge is 0.307 e. The van der Waals surface area contributed by atoms with E-state index in [-0.39, 0.29) is 17.4 Å². The van der Waals surface area contributed by atoms with Crippen LogP contribution in [-0.2, 0) is 0 Å². The Balaban J connectivity index is 2.13. The van der Waals surface area contributed by atoms with Gasteiger partial charge < -0.3 is 5.11 Å². The zero-order valence-electron chi connectivity index (χ0n) is 9.11. The highest BCUT2D eigenvalue weighted by Crippen LogP contribution is 2.33. The molecule has 2 aromatic carbocycles. The highest BCUT2D eigenvalue weighted by atomic mass is 16.3. The van der Waals surface area contributed by atoms with Crippen LogP contribution in [0.15, 0.2) is 46.6 Å². The Morgan fingerprint density at radius 1 is 1.06 bits per heavy atom. The topological polar surface area (TPSA) is 102 Å². The highest BCUT2D eigenvalue weighted by Gasteiger charge is 2.01. The van der Waals surface area contributed by atoms with E-state index in [1.54, 1.807) is 6.07 Å². The molecule has 1 aromatic heterocycles. The molecule has 88 valence electrons. The van der Waals surface area contributed by atoms with Crippen LogP contribution in [0.3, 0.4) is 0 Å². The number of fused-ring (bicyclic) bond motifs is 1. The molecule has 0 saturated carbocycles. The number of hydrogen-bond donors (Lipinski definition) is 1. The van der Waals surface area contributed by atoms with E-state index in [9.17, 15) is 5.11 Å². The van der Waals surface area contributed by atoms with E-state index in [1.807, 2.05) is 24.3 Å². The Morgan fingerprint density at radius 3 is 2.78 bits per heavy atom. The summed E-state index contributed by atoms with van der Waals surface area (Å²) < 4.78 is 0. The number of aromatic nitrogens is 4. The van der Waals surface area contributed by atoms with Gasteiger partial charge in [0.25, 0.3) is 0 Å². The van der Waals surface area contributed by atoms with Crippen molar-refractivity contribution in [1.29, 1.82) is 0 Å². The van der Waals surface area contributed by atoms with Gasteiger partial charge in [0.05, 0.1) is 5.69 Å². The number of azo groups is 1. The molecule has 7 heteroatoms. The van der Waals surface area contributed by atoms with E-state index in [0.717, 1.165) is 10.8 Å². The van der Waals surface area contributed by atoms with Crippen molar-refractivity contribution in [2.45, 2.75) is 0 Å². The molecule has 1 N–H and O–H groups in total. The molecule has 0 amide bonds. The van der Waals surface area contributed by atoms with Crippen molar-refractivity contribution in [2.75, 3.05) is 0 Å². The van der Waals surface area contributed by atoms with E-state index >= 15 is 0 Å². The van der Waals surface area contributed by atoms with Gasteiger partial charge in [-0.2, -0.15) is 5.21 Å². The van der Waals surface area contributed by atoms with Crippen molar-refractivity contribution >= 4 is 22.4 Å². The molecule has 7 nitrogen and oxygen atoms in total. The number of rotatable bonds is 2. The molecule has 0 unspecified atom stereocenters. The Kier molecular flexibility index (Phi) is 2.41. The van der Waals surface area contributed by atoms with Crippen LogP contribution >= 0.6 is 0 Å². The minimum absolute atomic E-state index is 0.0855. The fourth-order valence-electron chi connectivity index (χ4n) is 1.63. The lowest BCUT2D eigenvalue weighted by Gasteiger charge is -2.10. The molecular weight excluding hydrogens is 232 g/mol. The molecule has 0 saturated heterocycles. The van der Waals surface area contributed by atoms with Gasteiger partial charge in [-0.3, -0.25) is 0 Å². The molecule has 0 spiro atoms. The SMILES string of the molecule is [O-]c1ccc2ccccc2c1N=Nc1nn[nH]n1. The van der Waals surface area contributed by atoms with Crippen LogP contribution in [0, 0.1) is 0 Å². The predicted molar refractivity (Wildman–Crippen MR) is 61.7 cm³/mol. The summed E-state index contributed by atoms with van der Waals surface area (Å²) in [5.41, 5.74) is 0.276. The Labute approximate surface area is 101 Å². The van der Waals surface area contributed by atoms with Crippen molar-refractivity contribution in [2.24, 2.45) is 10.2 Å². The van der Waals surface area contributed by atoms with Gasteiger partial charge in [-0.25, -0.2) is 0 Å². The van der Waals surface area contributed by atoms with E-state index in [0.29, 0.717) is 0 Å². The Morgan fingerprint density at radius 2 is 1.94 bits per heavy atom. The van der Waals surface area contributed by atoms with Crippen LogP contribution in [0.1, 0.15) is 0 Å². The van der Waals surface area contributed by atoms with E-state index in [1.165, 1.54) is 6.07 Å². The molecule has 0 aliphatic rings. The number of aromatic amines is 1. The summed E-state index contributed by atoms with van der Waals surface area (Å²) >= 11 is 0. The van der Waals surface area contributed by atoms with Crippen LogP contribution in [0.2, 0.25) is 0 Å². The summed E-state index contributed by atoms with van der Waals surface area (Å²) in [5.74, 6) is -0.108. The fraction of sp³-hybridized carbons (Fsp3) is 0. The third kappa shape index (κ3) is 1.77. The van der Waals surface area contributed by atoms with Gasteiger partial charge in [0, 0.05) is 5.39 Å². The zero-order valence-corrected chi connectivity index (χ0v) is 9.11. The molecule has 0 bridgehead atoms. The van der Waals surface area contributed by atoms with E-state index in [4.69, 9.17) is 0 Å². The summed E-state index contributed by atoms with van der Waals surface area (Å²) in [7, 11) is 0. The first-order chi connectivity index (χ1) is 8.84.